The molecule has 0 spiro atoms. The van der Waals surface area contributed by atoms with E-state index in [0.29, 0.717) is 18.3 Å². The second kappa shape index (κ2) is 11.9. The number of aromatic nitrogens is 2. The number of esters is 1. The van der Waals surface area contributed by atoms with Crippen LogP contribution in [-0.2, 0) is 16.0 Å². The Morgan fingerprint density at radius 3 is 2.38 bits per heavy atom. The van der Waals surface area contributed by atoms with Crippen LogP contribution in [0.1, 0.15) is 82.4 Å². The van der Waals surface area contributed by atoms with Gasteiger partial charge in [0, 0.05) is 37.5 Å². The Balaban J connectivity index is 1.43. The van der Waals surface area contributed by atoms with E-state index in [1.54, 1.807) is 0 Å². The number of nitrogens with zero attached hydrogens (tertiary/aromatic N) is 4. The first kappa shape index (κ1) is 30.0. The van der Waals surface area contributed by atoms with Crippen LogP contribution in [0.25, 0.3) is 17.0 Å². The molecule has 0 saturated carbocycles. The van der Waals surface area contributed by atoms with Gasteiger partial charge in [0.05, 0.1) is 12.0 Å². The molecule has 1 aliphatic carbocycles. The van der Waals surface area contributed by atoms with E-state index in [9.17, 15) is 4.79 Å². The van der Waals surface area contributed by atoms with E-state index in [2.05, 4.69) is 75.5 Å². The molecule has 1 aromatic heterocycles. The lowest BCUT2D eigenvalue weighted by molar-refractivity contribution is -0.157. The maximum Gasteiger partial charge on any atom is 0.311 e. The first-order valence-corrected chi connectivity index (χ1v) is 14.8. The van der Waals surface area contributed by atoms with E-state index in [1.807, 2.05) is 13.8 Å². The normalized spacial score (nSPS) is 19.0. The maximum atomic E-state index is 12.4. The summed E-state index contributed by atoms with van der Waals surface area (Å²) in [7, 11) is 4.20. The number of aryl methyl sites for hydroxylation is 2. The van der Waals surface area contributed by atoms with E-state index >= 15 is 0 Å². The number of piperidine rings is 1. The third-order valence-corrected chi connectivity index (χ3v) is 8.99. The average Bonchev–Trinajstić information content (AvgIpc) is 3.39. The van der Waals surface area contributed by atoms with Crippen molar-refractivity contribution >= 4 is 11.5 Å². The fourth-order valence-electron chi connectivity index (χ4n) is 6.17. The Labute approximate surface area is 240 Å². The number of allylic oxidation sites excluding steroid dienone is 3. The number of rotatable bonds is 9. The lowest BCUT2D eigenvalue weighted by Gasteiger charge is -2.37. The number of benzene rings is 1. The zero-order chi connectivity index (χ0) is 29.2. The smallest absolute Gasteiger partial charge is 0.311 e. The van der Waals surface area contributed by atoms with Crippen molar-refractivity contribution in [3.8, 4) is 11.4 Å². The first-order valence-electron chi connectivity index (χ1n) is 14.8. The van der Waals surface area contributed by atoms with Crippen LogP contribution in [0.3, 0.4) is 0 Å². The van der Waals surface area contributed by atoms with Crippen molar-refractivity contribution in [2.24, 2.45) is 10.8 Å². The summed E-state index contributed by atoms with van der Waals surface area (Å²) < 4.78 is 11.1. The summed E-state index contributed by atoms with van der Waals surface area (Å²) in [5, 5.41) is 4.34. The Morgan fingerprint density at radius 1 is 1.12 bits per heavy atom. The molecule has 0 bridgehead atoms. The fraction of sp³-hybridized carbons (Fsp3) is 0.606. The molecule has 1 fully saturated rings. The molecule has 7 nitrogen and oxygen atoms in total. The van der Waals surface area contributed by atoms with Gasteiger partial charge in [-0.25, -0.2) is 0 Å². The molecule has 2 heterocycles. The summed E-state index contributed by atoms with van der Waals surface area (Å²) in [6.07, 6.45) is 5.75. The molecule has 0 unspecified atom stereocenters. The molecule has 0 atom stereocenters. The van der Waals surface area contributed by atoms with Gasteiger partial charge >= 0.3 is 5.97 Å². The van der Waals surface area contributed by atoms with E-state index in [-0.39, 0.29) is 16.8 Å². The Hall–Kier alpha value is -2.93. The Bertz CT molecular complexity index is 1260. The summed E-state index contributed by atoms with van der Waals surface area (Å²) in [6.45, 7) is 20.5. The van der Waals surface area contributed by atoms with Crippen molar-refractivity contribution < 1.29 is 14.1 Å². The van der Waals surface area contributed by atoms with Gasteiger partial charge in [0.25, 0.3) is 5.89 Å². The van der Waals surface area contributed by atoms with Crippen LogP contribution < -0.4 is 0 Å². The summed E-state index contributed by atoms with van der Waals surface area (Å²) in [4.78, 5) is 21.8. The summed E-state index contributed by atoms with van der Waals surface area (Å²) in [6, 6.07) is 4.34. The number of ether oxygens (including phenoxy) is 1. The topological polar surface area (TPSA) is 71.7 Å². The van der Waals surface area contributed by atoms with Gasteiger partial charge in [-0.1, -0.05) is 25.6 Å². The lowest BCUT2D eigenvalue weighted by atomic mass is 9.75. The van der Waals surface area contributed by atoms with Crippen LogP contribution in [-0.4, -0.2) is 66.2 Å². The molecule has 2 aromatic rings. The van der Waals surface area contributed by atoms with Crippen LogP contribution in [0.4, 0.5) is 0 Å². The molecule has 4 rings (SSSR count). The highest BCUT2D eigenvalue weighted by Gasteiger charge is 2.38. The minimum Gasteiger partial charge on any atom is -0.466 e. The van der Waals surface area contributed by atoms with Crippen LogP contribution in [0, 0.1) is 24.7 Å². The standard InChI is InChI=1S/C33H48N4O3/c1-10-39-31(38)33(7)14-17-37(18-15-33)16-12-26-22(2)19-25(20-23(26)3)29-34-30(40-35-29)24(4)27-11-13-32(5,6)21-28(27)36(8)9/h19-20H,4,10-18,21H2,1-3,5-9H3. The van der Waals surface area contributed by atoms with Gasteiger partial charge in [0.15, 0.2) is 0 Å². The van der Waals surface area contributed by atoms with E-state index < -0.39 is 0 Å². The minimum absolute atomic E-state index is 0.0531. The molecular formula is C33H48N4O3. The van der Waals surface area contributed by atoms with Crippen LogP contribution >= 0.6 is 0 Å². The first-order chi connectivity index (χ1) is 18.8. The van der Waals surface area contributed by atoms with Gasteiger partial charge in [-0.3, -0.25) is 4.79 Å². The third-order valence-electron chi connectivity index (χ3n) is 8.99. The van der Waals surface area contributed by atoms with Gasteiger partial charge in [0.1, 0.15) is 0 Å². The number of carbonyl (C=O) groups is 1. The summed E-state index contributed by atoms with van der Waals surface area (Å²) in [5.41, 5.74) is 8.09. The van der Waals surface area contributed by atoms with Crippen molar-refractivity contribution in [3.05, 3.63) is 52.6 Å². The zero-order valence-electron chi connectivity index (χ0n) is 25.9. The second-order valence-electron chi connectivity index (χ2n) is 13.0. The quantitative estimate of drug-likeness (QED) is 0.327. The summed E-state index contributed by atoms with van der Waals surface area (Å²) >= 11 is 0. The molecular weight excluding hydrogens is 500 g/mol. The number of hydrogen-bond donors (Lipinski definition) is 0. The number of carbonyl (C=O) groups excluding carboxylic acids is 1. The average molecular weight is 549 g/mol. The lowest BCUT2D eigenvalue weighted by Crippen LogP contribution is -2.44. The molecule has 2 aliphatic rings. The van der Waals surface area contributed by atoms with Gasteiger partial charge < -0.3 is 19.1 Å². The van der Waals surface area contributed by atoms with Crippen molar-refractivity contribution in [1.29, 1.82) is 0 Å². The Kier molecular flexibility index (Phi) is 8.93. The van der Waals surface area contributed by atoms with E-state index in [0.717, 1.165) is 69.3 Å². The predicted molar refractivity (Wildman–Crippen MR) is 161 cm³/mol. The van der Waals surface area contributed by atoms with Crippen molar-refractivity contribution in [2.75, 3.05) is 40.3 Å². The highest BCUT2D eigenvalue weighted by atomic mass is 16.5. The highest BCUT2D eigenvalue weighted by molar-refractivity contribution is 5.76. The largest absolute Gasteiger partial charge is 0.466 e. The number of likely N-dealkylation sites (tertiary alicyclic amines) is 1. The predicted octanol–water partition coefficient (Wildman–Crippen LogP) is 6.60. The molecule has 1 aliphatic heterocycles. The molecule has 1 saturated heterocycles. The van der Waals surface area contributed by atoms with Crippen molar-refractivity contribution in [2.45, 2.75) is 80.1 Å². The maximum absolute atomic E-state index is 12.4. The monoisotopic (exact) mass is 548 g/mol. The molecule has 0 radical (unpaired) electrons. The summed E-state index contributed by atoms with van der Waals surface area (Å²) in [5.74, 6) is 1.05. The van der Waals surface area contributed by atoms with Gasteiger partial charge in [0.2, 0.25) is 5.82 Å². The van der Waals surface area contributed by atoms with E-state index in [1.165, 1.54) is 28.0 Å². The second-order valence-corrected chi connectivity index (χ2v) is 13.0. The minimum atomic E-state index is -0.354. The molecule has 0 N–H and O–H groups in total. The fourth-order valence-corrected chi connectivity index (χ4v) is 6.17. The molecule has 0 amide bonds. The van der Waals surface area contributed by atoms with Gasteiger partial charge in [-0.05, 0) is 119 Å². The van der Waals surface area contributed by atoms with Gasteiger partial charge in [-0.2, -0.15) is 4.98 Å². The van der Waals surface area contributed by atoms with E-state index in [4.69, 9.17) is 14.2 Å². The van der Waals surface area contributed by atoms with Crippen LogP contribution in [0.15, 0.2) is 34.5 Å². The van der Waals surface area contributed by atoms with Gasteiger partial charge in [-0.15, -0.1) is 0 Å². The Morgan fingerprint density at radius 2 is 1.77 bits per heavy atom. The molecule has 7 heteroatoms. The molecule has 218 valence electrons. The van der Waals surface area contributed by atoms with Crippen LogP contribution in [0.2, 0.25) is 0 Å². The third kappa shape index (κ3) is 6.51. The highest BCUT2D eigenvalue weighted by Crippen LogP contribution is 2.43. The number of hydrogen-bond acceptors (Lipinski definition) is 7. The molecule has 1 aromatic carbocycles. The van der Waals surface area contributed by atoms with Crippen LogP contribution in [0.5, 0.6) is 0 Å². The van der Waals surface area contributed by atoms with Crippen molar-refractivity contribution in [1.82, 2.24) is 19.9 Å². The zero-order valence-corrected chi connectivity index (χ0v) is 25.9. The molecule has 40 heavy (non-hydrogen) atoms. The SMILES string of the molecule is C=C(C1=C(N(C)C)CC(C)(C)CC1)c1nc(-c2cc(C)c(CCN3CCC(C)(C(=O)OCC)CC3)c(C)c2)no1. The van der Waals surface area contributed by atoms with Crippen molar-refractivity contribution in [3.63, 3.8) is 0 Å².